The number of aliphatic hydroxyl groups excluding tert-OH is 1. The Kier molecular flexibility index (Phi) is 2.66. The number of aromatic nitrogens is 2. The van der Waals surface area contributed by atoms with E-state index in [0.29, 0.717) is 11.1 Å². The third kappa shape index (κ3) is 1.71. The van der Waals surface area contributed by atoms with Gasteiger partial charge in [-0.1, -0.05) is 12.1 Å². The number of benzene rings is 1. The lowest BCUT2D eigenvalue weighted by Gasteiger charge is -2.16. The lowest BCUT2D eigenvalue weighted by atomic mass is 9.92. The van der Waals surface area contributed by atoms with Crippen LogP contribution in [0.2, 0.25) is 0 Å². The van der Waals surface area contributed by atoms with Crippen LogP contribution < -0.4 is 11.3 Å². The van der Waals surface area contributed by atoms with E-state index in [1.54, 1.807) is 18.5 Å². The SMILES string of the molecule is NCc1n[nH]c(=O)c2ccc(C3=CN=CC4(CO)C=C34)cc12. The first-order valence-electron chi connectivity index (χ1n) is 6.99. The van der Waals surface area contributed by atoms with Crippen LogP contribution in [0.5, 0.6) is 0 Å². The highest BCUT2D eigenvalue weighted by Gasteiger charge is 2.45. The predicted molar refractivity (Wildman–Crippen MR) is 84.3 cm³/mol. The number of nitrogens with zero attached hydrogens (tertiary/aromatic N) is 2. The number of H-pyrrole nitrogens is 1. The van der Waals surface area contributed by atoms with Crippen molar-refractivity contribution in [2.75, 3.05) is 6.61 Å². The van der Waals surface area contributed by atoms with Crippen molar-refractivity contribution in [1.29, 1.82) is 0 Å². The van der Waals surface area contributed by atoms with E-state index in [-0.39, 0.29) is 18.7 Å². The molecule has 110 valence electrons. The minimum absolute atomic E-state index is 0.0199. The van der Waals surface area contributed by atoms with Crippen LogP contribution in [0.15, 0.2) is 45.8 Å². The second-order valence-corrected chi connectivity index (χ2v) is 5.54. The molecule has 2 heterocycles. The molecule has 0 bridgehead atoms. The number of aromatic amines is 1. The summed E-state index contributed by atoms with van der Waals surface area (Å²) in [6.07, 6.45) is 5.53. The first kappa shape index (κ1) is 13.1. The first-order valence-corrected chi connectivity index (χ1v) is 6.99. The highest BCUT2D eigenvalue weighted by Crippen LogP contribution is 2.51. The molecule has 1 aromatic carbocycles. The zero-order valence-electron chi connectivity index (χ0n) is 11.7. The van der Waals surface area contributed by atoms with Gasteiger partial charge in [0.25, 0.3) is 5.56 Å². The van der Waals surface area contributed by atoms with Gasteiger partial charge in [0, 0.05) is 29.9 Å². The monoisotopic (exact) mass is 294 g/mol. The van der Waals surface area contributed by atoms with E-state index in [1.807, 2.05) is 18.2 Å². The Labute approximate surface area is 125 Å². The highest BCUT2D eigenvalue weighted by atomic mass is 16.3. The van der Waals surface area contributed by atoms with Crippen LogP contribution in [-0.2, 0) is 6.54 Å². The van der Waals surface area contributed by atoms with Gasteiger partial charge in [0.15, 0.2) is 0 Å². The van der Waals surface area contributed by atoms with Gasteiger partial charge in [-0.15, -0.1) is 0 Å². The summed E-state index contributed by atoms with van der Waals surface area (Å²) in [6.45, 7) is 0.267. The van der Waals surface area contributed by atoms with Gasteiger partial charge in [0.05, 0.1) is 23.1 Å². The van der Waals surface area contributed by atoms with E-state index in [1.165, 1.54) is 0 Å². The predicted octanol–water partition coefficient (Wildman–Crippen LogP) is 0.726. The van der Waals surface area contributed by atoms with Gasteiger partial charge in [0.1, 0.15) is 0 Å². The molecule has 0 saturated carbocycles. The summed E-state index contributed by atoms with van der Waals surface area (Å²) in [4.78, 5) is 16.1. The molecule has 2 aromatic rings. The third-order valence-corrected chi connectivity index (χ3v) is 4.25. The number of hydrogen-bond donors (Lipinski definition) is 3. The molecule has 6 nitrogen and oxygen atoms in total. The van der Waals surface area contributed by atoms with Crippen molar-refractivity contribution in [3.8, 4) is 0 Å². The smallest absolute Gasteiger partial charge is 0.272 e. The number of rotatable bonds is 3. The standard InChI is InChI=1S/C16H14N4O2/c17-5-14-11-3-9(1-2-10(11)15(22)20-19-14)12-6-18-7-16(8-21)4-13(12)16/h1-4,6-7,21H,5,8,17H2,(H,20,22). The quantitative estimate of drug-likeness (QED) is 0.776. The van der Waals surface area contributed by atoms with Gasteiger partial charge in [-0.2, -0.15) is 5.10 Å². The van der Waals surface area contributed by atoms with Crippen molar-refractivity contribution in [3.05, 3.63) is 57.7 Å². The topological polar surface area (TPSA) is 104 Å². The Morgan fingerprint density at radius 2 is 2.18 bits per heavy atom. The normalized spacial score (nSPS) is 22.3. The molecule has 22 heavy (non-hydrogen) atoms. The summed E-state index contributed by atoms with van der Waals surface area (Å²) in [6, 6.07) is 5.56. The van der Waals surface area contributed by atoms with E-state index >= 15 is 0 Å². The Hall–Kier alpha value is -2.57. The molecule has 0 saturated heterocycles. The number of nitrogens with two attached hydrogens (primary N) is 1. The molecule has 1 atom stereocenters. The molecule has 4 rings (SSSR count). The van der Waals surface area contributed by atoms with Crippen LogP contribution >= 0.6 is 0 Å². The molecule has 6 heteroatoms. The second kappa shape index (κ2) is 4.46. The van der Waals surface area contributed by atoms with Crippen LogP contribution in [0.25, 0.3) is 16.3 Å². The van der Waals surface area contributed by atoms with E-state index in [2.05, 4.69) is 15.2 Å². The second-order valence-electron chi connectivity index (χ2n) is 5.54. The Morgan fingerprint density at radius 1 is 1.32 bits per heavy atom. The molecule has 2 aliphatic rings. The van der Waals surface area contributed by atoms with Crippen LogP contribution in [0.1, 0.15) is 11.3 Å². The molecule has 0 radical (unpaired) electrons. The minimum Gasteiger partial charge on any atom is -0.395 e. The van der Waals surface area contributed by atoms with Crippen molar-refractivity contribution in [2.45, 2.75) is 6.54 Å². The zero-order valence-corrected chi connectivity index (χ0v) is 11.7. The summed E-state index contributed by atoms with van der Waals surface area (Å²) < 4.78 is 0. The van der Waals surface area contributed by atoms with Gasteiger partial charge in [-0.25, -0.2) is 5.10 Å². The third-order valence-electron chi connectivity index (χ3n) is 4.25. The Morgan fingerprint density at radius 3 is 2.95 bits per heavy atom. The fourth-order valence-electron chi connectivity index (χ4n) is 2.92. The average Bonchev–Trinajstić information content (AvgIpc) is 3.30. The first-order chi connectivity index (χ1) is 10.7. The van der Waals surface area contributed by atoms with E-state index < -0.39 is 5.41 Å². The van der Waals surface area contributed by atoms with Crippen molar-refractivity contribution < 1.29 is 5.11 Å². The maximum absolute atomic E-state index is 11.9. The molecule has 1 unspecified atom stereocenters. The molecule has 1 aliphatic heterocycles. The molecule has 1 aromatic heterocycles. The van der Waals surface area contributed by atoms with Crippen LogP contribution in [-0.4, -0.2) is 28.1 Å². The van der Waals surface area contributed by atoms with Crippen molar-refractivity contribution in [3.63, 3.8) is 0 Å². The van der Waals surface area contributed by atoms with Crippen LogP contribution in [0.4, 0.5) is 0 Å². The molecule has 0 fully saturated rings. The minimum atomic E-state index is -0.401. The largest absolute Gasteiger partial charge is 0.395 e. The molecule has 0 spiro atoms. The summed E-state index contributed by atoms with van der Waals surface area (Å²) in [5, 5.41) is 17.3. The van der Waals surface area contributed by atoms with Crippen LogP contribution in [0, 0.1) is 5.41 Å². The van der Waals surface area contributed by atoms with E-state index in [9.17, 15) is 9.90 Å². The molecular formula is C16H14N4O2. The van der Waals surface area contributed by atoms with Gasteiger partial charge < -0.3 is 10.8 Å². The summed E-state index contributed by atoms with van der Waals surface area (Å²) in [5.41, 5.74) is 8.68. The fraction of sp³-hybridized carbons (Fsp3) is 0.188. The Bertz CT molecular complexity index is 939. The molecule has 0 amide bonds. The van der Waals surface area contributed by atoms with Gasteiger partial charge in [-0.3, -0.25) is 9.79 Å². The Balaban J connectivity index is 1.88. The summed E-state index contributed by atoms with van der Waals surface area (Å²) in [5.74, 6) is 0. The van der Waals surface area contributed by atoms with Gasteiger partial charge in [0.2, 0.25) is 0 Å². The summed E-state index contributed by atoms with van der Waals surface area (Å²) >= 11 is 0. The maximum Gasteiger partial charge on any atom is 0.272 e. The molecule has 1 aliphatic carbocycles. The number of hydrogen-bond acceptors (Lipinski definition) is 5. The number of allylic oxidation sites excluding steroid dienone is 1. The maximum atomic E-state index is 11.9. The number of aliphatic hydroxyl groups is 1. The summed E-state index contributed by atoms with van der Waals surface area (Å²) in [7, 11) is 0. The van der Waals surface area contributed by atoms with Crippen LogP contribution in [0.3, 0.4) is 0 Å². The van der Waals surface area contributed by atoms with E-state index in [4.69, 9.17) is 5.73 Å². The van der Waals surface area contributed by atoms with E-state index in [0.717, 1.165) is 22.1 Å². The van der Waals surface area contributed by atoms with Crippen molar-refractivity contribution in [2.24, 2.45) is 16.1 Å². The molecule has 4 N–H and O–H groups in total. The number of fused-ring (bicyclic) bond motifs is 2. The average molecular weight is 294 g/mol. The number of aliphatic imine (C=N–C) groups is 1. The zero-order chi connectivity index (χ0) is 15.3. The number of nitrogens with one attached hydrogen (secondary N) is 1. The van der Waals surface area contributed by atoms with Crippen molar-refractivity contribution >= 4 is 22.6 Å². The lowest BCUT2D eigenvalue weighted by molar-refractivity contribution is 0.264. The molecular weight excluding hydrogens is 280 g/mol. The highest BCUT2D eigenvalue weighted by molar-refractivity contribution is 6.01. The van der Waals surface area contributed by atoms with Gasteiger partial charge >= 0.3 is 0 Å². The fourth-order valence-corrected chi connectivity index (χ4v) is 2.92. The lowest BCUT2D eigenvalue weighted by Crippen LogP contribution is -2.16. The van der Waals surface area contributed by atoms with Crippen molar-refractivity contribution in [1.82, 2.24) is 10.2 Å². The van der Waals surface area contributed by atoms with Gasteiger partial charge in [-0.05, 0) is 23.3 Å².